The van der Waals surface area contributed by atoms with E-state index in [0.29, 0.717) is 5.92 Å². The number of nitrogens with one attached hydrogen (secondary N) is 1. The largest absolute Gasteiger partial charge is 0.390 e. The molecule has 0 spiro atoms. The molecule has 0 bridgehead atoms. The molecule has 3 unspecified atom stereocenters. The summed E-state index contributed by atoms with van der Waals surface area (Å²) in [4.78, 5) is 0. The van der Waals surface area contributed by atoms with Crippen LogP contribution in [0.2, 0.25) is 0 Å². The number of benzene rings is 1. The van der Waals surface area contributed by atoms with E-state index in [1.165, 1.54) is 6.42 Å². The maximum absolute atomic E-state index is 12.9. The fourth-order valence-electron chi connectivity index (χ4n) is 3.36. The van der Waals surface area contributed by atoms with Gasteiger partial charge in [0, 0.05) is 12.1 Å². The maximum atomic E-state index is 12.9. The molecule has 1 fully saturated rings. The van der Waals surface area contributed by atoms with Crippen molar-refractivity contribution >= 4 is 0 Å². The summed E-state index contributed by atoms with van der Waals surface area (Å²) in [5.41, 5.74) is 0.732. The van der Waals surface area contributed by atoms with Crippen LogP contribution in [0.1, 0.15) is 57.1 Å². The number of alkyl halides is 3. The van der Waals surface area contributed by atoms with E-state index in [1.807, 2.05) is 6.07 Å². The van der Waals surface area contributed by atoms with Crippen molar-refractivity contribution in [3.8, 4) is 0 Å². The molecule has 0 aliphatic heterocycles. The van der Waals surface area contributed by atoms with Gasteiger partial charge in [0.25, 0.3) is 0 Å². The van der Waals surface area contributed by atoms with Gasteiger partial charge in [-0.3, -0.25) is 0 Å². The van der Waals surface area contributed by atoms with Crippen molar-refractivity contribution in [2.45, 2.75) is 63.7 Å². The fraction of sp³-hybridized carbons (Fsp3) is 0.647. The van der Waals surface area contributed by atoms with Crippen molar-refractivity contribution in [1.29, 1.82) is 0 Å². The Hall–Kier alpha value is -1.03. The van der Waals surface area contributed by atoms with E-state index >= 15 is 0 Å². The van der Waals surface area contributed by atoms with Crippen LogP contribution < -0.4 is 5.32 Å². The summed E-state index contributed by atoms with van der Waals surface area (Å²) in [5.74, 6) is 0.498. The van der Waals surface area contributed by atoms with Gasteiger partial charge in [0.15, 0.2) is 0 Å². The summed E-state index contributed by atoms with van der Waals surface area (Å²) < 4.78 is 38.7. The van der Waals surface area contributed by atoms with E-state index < -0.39 is 18.6 Å². The van der Waals surface area contributed by atoms with Crippen molar-refractivity contribution in [2.75, 3.05) is 0 Å². The molecule has 4 heteroatoms. The van der Waals surface area contributed by atoms with Crippen molar-refractivity contribution in [3.05, 3.63) is 35.9 Å². The highest BCUT2D eigenvalue weighted by molar-refractivity contribution is 5.19. The highest BCUT2D eigenvalue weighted by atomic mass is 19.4. The lowest BCUT2D eigenvalue weighted by molar-refractivity contribution is -0.141. The van der Waals surface area contributed by atoms with E-state index in [4.69, 9.17) is 0 Å². The Morgan fingerprint density at radius 2 is 1.81 bits per heavy atom. The SMILES string of the molecule is CCC1CCCCC1NC(CC(F)(F)F)c1ccccc1. The molecule has 1 aliphatic rings. The average Bonchev–Trinajstić information content (AvgIpc) is 2.47. The van der Waals surface area contributed by atoms with Crippen molar-refractivity contribution in [3.63, 3.8) is 0 Å². The molecule has 21 heavy (non-hydrogen) atoms. The standard InChI is InChI=1S/C17H24F3N/c1-2-13-8-6-7-11-15(13)21-16(12-17(18,19)20)14-9-4-3-5-10-14/h3-5,9-10,13,15-16,21H,2,6-8,11-12H2,1H3. The molecule has 1 aliphatic carbocycles. The highest BCUT2D eigenvalue weighted by Crippen LogP contribution is 2.33. The molecule has 2 rings (SSSR count). The first kappa shape index (κ1) is 16.3. The molecule has 118 valence electrons. The minimum atomic E-state index is -4.15. The van der Waals surface area contributed by atoms with Gasteiger partial charge in [0.05, 0.1) is 6.42 Å². The van der Waals surface area contributed by atoms with E-state index in [2.05, 4.69) is 12.2 Å². The third-order valence-corrected chi connectivity index (χ3v) is 4.49. The Labute approximate surface area is 124 Å². The molecule has 0 saturated heterocycles. The quantitative estimate of drug-likeness (QED) is 0.784. The van der Waals surface area contributed by atoms with E-state index in [9.17, 15) is 13.2 Å². The van der Waals surface area contributed by atoms with E-state index in [0.717, 1.165) is 31.2 Å². The first-order chi connectivity index (χ1) is 9.99. The van der Waals surface area contributed by atoms with E-state index in [1.54, 1.807) is 24.3 Å². The smallest absolute Gasteiger partial charge is 0.307 e. The Kier molecular flexibility index (Phi) is 5.68. The summed E-state index contributed by atoms with van der Waals surface area (Å²) in [7, 11) is 0. The topological polar surface area (TPSA) is 12.0 Å². The first-order valence-corrected chi connectivity index (χ1v) is 7.87. The Bertz CT molecular complexity index is 416. The third-order valence-electron chi connectivity index (χ3n) is 4.49. The van der Waals surface area contributed by atoms with Gasteiger partial charge in [0.2, 0.25) is 0 Å². The van der Waals surface area contributed by atoms with Gasteiger partial charge in [-0.05, 0) is 24.3 Å². The zero-order valence-electron chi connectivity index (χ0n) is 12.5. The molecule has 0 amide bonds. The van der Waals surface area contributed by atoms with Gasteiger partial charge >= 0.3 is 6.18 Å². The Morgan fingerprint density at radius 1 is 1.14 bits per heavy atom. The van der Waals surface area contributed by atoms with Crippen LogP contribution in [-0.2, 0) is 0 Å². The summed E-state index contributed by atoms with van der Waals surface area (Å²) in [5, 5.41) is 3.31. The molecule has 0 aromatic heterocycles. The minimum absolute atomic E-state index is 0.205. The zero-order chi connectivity index (χ0) is 15.3. The van der Waals surface area contributed by atoms with Crippen LogP contribution in [0.3, 0.4) is 0 Å². The maximum Gasteiger partial charge on any atom is 0.390 e. The molecule has 1 N–H and O–H groups in total. The predicted molar refractivity (Wildman–Crippen MR) is 79.0 cm³/mol. The van der Waals surface area contributed by atoms with Crippen LogP contribution in [0.5, 0.6) is 0 Å². The summed E-state index contributed by atoms with van der Waals surface area (Å²) >= 11 is 0. The van der Waals surface area contributed by atoms with Gasteiger partial charge in [-0.25, -0.2) is 0 Å². The monoisotopic (exact) mass is 299 g/mol. The number of hydrogen-bond donors (Lipinski definition) is 1. The van der Waals surface area contributed by atoms with Gasteiger partial charge in [-0.15, -0.1) is 0 Å². The summed E-state index contributed by atoms with van der Waals surface area (Å²) in [6.07, 6.45) is 0.508. The molecule has 0 heterocycles. The summed E-state index contributed by atoms with van der Waals surface area (Å²) in [6, 6.07) is 8.58. The number of hydrogen-bond acceptors (Lipinski definition) is 1. The van der Waals surface area contributed by atoms with Crippen molar-refractivity contribution in [2.24, 2.45) is 5.92 Å². The lowest BCUT2D eigenvalue weighted by atomic mass is 9.82. The second kappa shape index (κ2) is 7.30. The van der Waals surface area contributed by atoms with Gasteiger partial charge in [-0.1, -0.05) is 56.5 Å². The number of halogens is 3. The Balaban J connectivity index is 2.11. The second-order valence-electron chi connectivity index (χ2n) is 6.01. The van der Waals surface area contributed by atoms with Gasteiger partial charge in [-0.2, -0.15) is 13.2 Å². The molecule has 1 aromatic carbocycles. The zero-order valence-corrected chi connectivity index (χ0v) is 12.5. The van der Waals surface area contributed by atoms with Crippen LogP contribution in [0, 0.1) is 5.92 Å². The molecule has 1 nitrogen and oxygen atoms in total. The van der Waals surface area contributed by atoms with E-state index in [-0.39, 0.29) is 6.04 Å². The highest BCUT2D eigenvalue weighted by Gasteiger charge is 2.35. The lowest BCUT2D eigenvalue weighted by Crippen LogP contribution is -2.41. The van der Waals surface area contributed by atoms with Crippen LogP contribution in [0.15, 0.2) is 30.3 Å². The van der Waals surface area contributed by atoms with Gasteiger partial charge in [0.1, 0.15) is 0 Å². The van der Waals surface area contributed by atoms with Crippen LogP contribution in [-0.4, -0.2) is 12.2 Å². The molecule has 1 aromatic rings. The normalized spacial score (nSPS) is 24.8. The van der Waals surface area contributed by atoms with Crippen LogP contribution in [0.25, 0.3) is 0 Å². The molecule has 1 saturated carbocycles. The number of rotatable bonds is 5. The van der Waals surface area contributed by atoms with Gasteiger partial charge < -0.3 is 5.32 Å². The van der Waals surface area contributed by atoms with Crippen LogP contribution >= 0.6 is 0 Å². The Morgan fingerprint density at radius 3 is 2.43 bits per heavy atom. The lowest BCUT2D eigenvalue weighted by Gasteiger charge is -2.35. The average molecular weight is 299 g/mol. The predicted octanol–water partition coefficient (Wildman–Crippen LogP) is 5.24. The summed E-state index contributed by atoms with van der Waals surface area (Å²) in [6.45, 7) is 2.13. The van der Waals surface area contributed by atoms with Crippen LogP contribution in [0.4, 0.5) is 13.2 Å². The molecular weight excluding hydrogens is 275 g/mol. The second-order valence-corrected chi connectivity index (χ2v) is 6.01. The molecule has 0 radical (unpaired) electrons. The molecule has 3 atom stereocenters. The first-order valence-electron chi connectivity index (χ1n) is 7.87. The van der Waals surface area contributed by atoms with Crippen molar-refractivity contribution < 1.29 is 13.2 Å². The minimum Gasteiger partial charge on any atom is -0.307 e. The molecular formula is C17H24F3N. The third kappa shape index (κ3) is 5.03. The fourth-order valence-corrected chi connectivity index (χ4v) is 3.36. The van der Waals surface area contributed by atoms with Crippen molar-refractivity contribution in [1.82, 2.24) is 5.32 Å².